The van der Waals surface area contributed by atoms with Gasteiger partial charge in [0.05, 0.1) is 0 Å². The third kappa shape index (κ3) is 8.77. The largest absolute Gasteiger partial charge is 0.210 e. The first kappa shape index (κ1) is 26.6. The maximum absolute atomic E-state index is 2.99. The molecule has 0 spiro atoms. The van der Waals surface area contributed by atoms with Crippen LogP contribution in [0.2, 0.25) is 0 Å². The Morgan fingerprint density at radius 2 is 1.40 bits per heavy atom. The molecule has 5 rings (SSSR count). The fraction of sp³-hybridized carbons (Fsp3) is 0.185. The van der Waals surface area contributed by atoms with Crippen LogP contribution in [0.1, 0.15) is 41.5 Å². The van der Waals surface area contributed by atoms with Crippen LogP contribution >= 0.6 is 0 Å². The van der Waals surface area contributed by atoms with Gasteiger partial charge in [0.25, 0.3) is 0 Å². The molecule has 0 saturated heterocycles. The van der Waals surface area contributed by atoms with E-state index in [0.29, 0.717) is 0 Å². The quantitative estimate of drug-likeness (QED) is 0.437. The maximum Gasteiger partial charge on any atom is -0.0512 e. The molecular weight excluding hydrogens is 486 g/mol. The Morgan fingerprint density at radius 1 is 0.800 bits per heavy atom. The third-order valence-electron chi connectivity index (χ3n) is 4.86. The van der Waals surface area contributed by atoms with Crippen LogP contribution in [0.25, 0.3) is 0 Å². The summed E-state index contributed by atoms with van der Waals surface area (Å²) >= 11 is 1.46. The van der Waals surface area contributed by atoms with Crippen molar-refractivity contribution in [1.29, 1.82) is 0 Å². The molecule has 0 atom stereocenters. The van der Waals surface area contributed by atoms with E-state index in [1.165, 1.54) is 64.3 Å². The van der Waals surface area contributed by atoms with Crippen LogP contribution in [0.5, 0.6) is 0 Å². The van der Waals surface area contributed by atoms with Gasteiger partial charge >= 0.3 is 99.2 Å². The minimum Gasteiger partial charge on any atom is -0.210 e. The Labute approximate surface area is 208 Å². The van der Waals surface area contributed by atoms with E-state index in [0.717, 1.165) is 6.42 Å². The maximum atomic E-state index is 2.99. The number of halogens is 2. The van der Waals surface area contributed by atoms with Gasteiger partial charge in [0.2, 0.25) is 0 Å². The summed E-state index contributed by atoms with van der Waals surface area (Å²) in [6, 6.07) is 27.8. The van der Waals surface area contributed by atoms with Gasteiger partial charge < -0.3 is 24.8 Å². The van der Waals surface area contributed by atoms with Gasteiger partial charge in [0, 0.05) is 0 Å². The molecule has 154 valence electrons. The molecule has 2 aliphatic carbocycles. The minimum absolute atomic E-state index is 0. The molecule has 0 aliphatic heterocycles. The van der Waals surface area contributed by atoms with Crippen LogP contribution in [0.3, 0.4) is 0 Å². The van der Waals surface area contributed by atoms with E-state index in [1.807, 2.05) is 12.2 Å². The van der Waals surface area contributed by atoms with Gasteiger partial charge in [-0.25, -0.2) is 18.2 Å². The Balaban J connectivity index is 0.000000242. The normalized spacial score (nSPS) is 12.7. The summed E-state index contributed by atoms with van der Waals surface area (Å²) in [6.45, 7) is 0. The van der Waals surface area contributed by atoms with Crippen LogP contribution in [-0.2, 0) is 37.1 Å². The number of fused-ring (bicyclic) bond motifs is 1. The third-order valence-corrected chi connectivity index (χ3v) is 6.28. The summed E-state index contributed by atoms with van der Waals surface area (Å²) in [4.78, 5) is 0. The second-order valence-corrected chi connectivity index (χ2v) is 8.12. The molecule has 0 N–H and O–H groups in total. The van der Waals surface area contributed by atoms with Crippen LogP contribution < -0.4 is 24.8 Å². The molecule has 0 unspecified atom stereocenters. The van der Waals surface area contributed by atoms with Gasteiger partial charge in [-0.2, -0.15) is 29.3 Å². The van der Waals surface area contributed by atoms with Gasteiger partial charge in [-0.05, 0) is 0 Å². The Hall–Kier alpha value is -1.40. The first-order valence-corrected chi connectivity index (χ1v) is 11.2. The summed E-state index contributed by atoms with van der Waals surface area (Å²) in [5.41, 5.74) is 5.86. The summed E-state index contributed by atoms with van der Waals surface area (Å²) in [7, 11) is 0. The van der Waals surface area contributed by atoms with Crippen molar-refractivity contribution in [3.8, 4) is 0 Å². The van der Waals surface area contributed by atoms with E-state index in [9.17, 15) is 0 Å². The predicted octanol–water partition coefficient (Wildman–Crippen LogP) is 0.400. The van der Waals surface area contributed by atoms with Gasteiger partial charge in [-0.1, -0.05) is 25.7 Å². The average molecular weight is 513 g/mol. The zero-order valence-electron chi connectivity index (χ0n) is 17.0. The van der Waals surface area contributed by atoms with Gasteiger partial charge in [0.15, 0.2) is 0 Å². The average Bonchev–Trinajstić information content (AvgIpc) is 3.50. The zero-order valence-corrected chi connectivity index (χ0v) is 21.0. The van der Waals surface area contributed by atoms with Crippen molar-refractivity contribution in [3.63, 3.8) is 0 Å². The van der Waals surface area contributed by atoms with Crippen molar-refractivity contribution in [2.75, 3.05) is 0 Å². The van der Waals surface area contributed by atoms with E-state index in [-0.39, 0.29) is 24.8 Å². The number of benzene rings is 2. The van der Waals surface area contributed by atoms with Crippen molar-refractivity contribution in [3.05, 3.63) is 125 Å². The van der Waals surface area contributed by atoms with Crippen molar-refractivity contribution in [1.82, 2.24) is 0 Å². The number of allylic oxidation sites excluding steroid dienone is 4. The van der Waals surface area contributed by atoms with E-state index in [2.05, 4.69) is 91.0 Å². The molecule has 0 radical (unpaired) electrons. The van der Waals surface area contributed by atoms with Crippen molar-refractivity contribution < 1.29 is 49.0 Å². The predicted molar refractivity (Wildman–Crippen MR) is 116 cm³/mol. The molecule has 0 heterocycles. The monoisotopic (exact) mass is 510 g/mol. The Kier molecular flexibility index (Phi) is 13.7. The first-order valence-electron chi connectivity index (χ1n) is 9.99. The first-order chi connectivity index (χ1) is 13.8. The molecule has 30 heavy (non-hydrogen) atoms. The standard InChI is InChI=1S/C13H10.C9H11.C5H5.2ClH.Zr/c1-3-7-12(8-4-1)11-13-9-5-2-6-10-13;1-2-5-9-7-3-6-8(9)4-1;1-2-4-5-3-1;;;/h1-10H;3,6-7H,1-2,4-5H2;1-3H,4H2;2*1H;/q;2*-1;;;+2/p-2. The van der Waals surface area contributed by atoms with Crippen LogP contribution in [0, 0.1) is 6.08 Å². The van der Waals surface area contributed by atoms with Crippen LogP contribution in [0.4, 0.5) is 0 Å². The fourth-order valence-electron chi connectivity index (χ4n) is 3.33. The molecule has 0 nitrogen and oxygen atoms in total. The summed E-state index contributed by atoms with van der Waals surface area (Å²) in [6.07, 6.45) is 15.4. The van der Waals surface area contributed by atoms with Gasteiger partial charge in [-0.3, -0.25) is 6.08 Å². The van der Waals surface area contributed by atoms with E-state index in [1.54, 1.807) is 11.1 Å². The van der Waals surface area contributed by atoms with E-state index in [4.69, 9.17) is 0 Å². The number of rotatable bonds is 2. The fourth-order valence-corrected chi connectivity index (χ4v) is 4.15. The van der Waals surface area contributed by atoms with Gasteiger partial charge in [0.1, 0.15) is 0 Å². The molecule has 0 saturated carbocycles. The molecule has 3 heteroatoms. The second kappa shape index (κ2) is 15.4. The Morgan fingerprint density at radius 3 is 1.87 bits per heavy atom. The van der Waals surface area contributed by atoms with Crippen molar-refractivity contribution in [2.45, 2.75) is 32.1 Å². The minimum atomic E-state index is 0. The molecule has 3 aromatic carbocycles. The van der Waals surface area contributed by atoms with Crippen molar-refractivity contribution in [2.24, 2.45) is 0 Å². The molecule has 0 amide bonds. The summed E-state index contributed by atoms with van der Waals surface area (Å²) in [5, 5.41) is 0. The van der Waals surface area contributed by atoms with Gasteiger partial charge in [-0.15, -0.1) is 6.42 Å². The molecule has 0 bridgehead atoms. The van der Waals surface area contributed by atoms with Crippen LogP contribution in [-0.4, -0.2) is 3.21 Å². The SMILES string of the molecule is [C-]1=CC=CC1.[Cl-].[Cl-].[Zr+2]=[C](c1ccccc1)c1ccccc1.c1cc2c([cH-]1)CCCC2. The molecule has 2 aliphatic rings. The molecule has 0 fully saturated rings. The summed E-state index contributed by atoms with van der Waals surface area (Å²) in [5.74, 6) is 0. The number of hydrogen-bond donors (Lipinski definition) is 0. The molecular formula is C27H26Cl2Zr-2. The second-order valence-electron chi connectivity index (χ2n) is 6.89. The van der Waals surface area contributed by atoms with E-state index < -0.39 is 0 Å². The summed E-state index contributed by atoms with van der Waals surface area (Å²) < 4.78 is 1.42. The van der Waals surface area contributed by atoms with Crippen LogP contribution in [0.15, 0.2) is 97.1 Å². The zero-order chi connectivity index (χ0) is 19.4. The molecule has 0 aromatic heterocycles. The smallest absolute Gasteiger partial charge is 0.0512 e. The molecule has 3 aromatic rings. The Bertz CT molecular complexity index is 836. The van der Waals surface area contributed by atoms with E-state index >= 15 is 0 Å². The van der Waals surface area contributed by atoms with Crippen molar-refractivity contribution >= 4 is 3.21 Å². The number of aryl methyl sites for hydroxylation is 2. The topological polar surface area (TPSA) is 0 Å². The number of hydrogen-bond acceptors (Lipinski definition) is 0.